The molecule has 0 bridgehead atoms. The Hall–Kier alpha value is -4.26. The normalized spacial score (nSPS) is 11.2. The van der Waals surface area contributed by atoms with Crippen LogP contribution in [0.3, 0.4) is 0 Å². The Morgan fingerprint density at radius 2 is 1.29 bits per heavy atom. The summed E-state index contributed by atoms with van der Waals surface area (Å²) in [4.78, 5) is 9.74. The molecule has 0 aliphatic carbocycles. The van der Waals surface area contributed by atoms with Gasteiger partial charge in [0.25, 0.3) is 0 Å². The van der Waals surface area contributed by atoms with Gasteiger partial charge < -0.3 is 14.6 Å². The van der Waals surface area contributed by atoms with Gasteiger partial charge in [0.05, 0.1) is 28.6 Å². The molecule has 4 aromatic carbocycles. The fourth-order valence-electron chi connectivity index (χ4n) is 4.60. The van der Waals surface area contributed by atoms with E-state index in [1.807, 2.05) is 103 Å². The van der Waals surface area contributed by atoms with Crippen molar-refractivity contribution in [3.63, 3.8) is 0 Å². The van der Waals surface area contributed by atoms with E-state index in [2.05, 4.69) is 4.57 Å². The molecular weight excluding hydrogens is 421 g/mol. The Morgan fingerprint density at radius 3 is 2.03 bits per heavy atom. The summed E-state index contributed by atoms with van der Waals surface area (Å²) in [7, 11) is -1.58. The van der Waals surface area contributed by atoms with E-state index in [-0.39, 0.29) is 0 Å². The van der Waals surface area contributed by atoms with E-state index >= 15 is 0 Å². The van der Waals surface area contributed by atoms with Gasteiger partial charge in [0.2, 0.25) is 0 Å². The average Bonchev–Trinajstić information content (AvgIpc) is 3.24. The Balaban J connectivity index is 1.71. The molecule has 34 heavy (non-hydrogen) atoms. The van der Waals surface area contributed by atoms with Gasteiger partial charge in [-0.25, -0.2) is 9.97 Å². The van der Waals surface area contributed by atoms with Crippen LogP contribution >= 0.6 is 0 Å². The zero-order valence-electron chi connectivity index (χ0n) is 18.2. The molecule has 0 atom stereocenters. The fourth-order valence-corrected chi connectivity index (χ4v) is 4.60. The highest BCUT2D eigenvalue weighted by atomic mass is 16.4. The number of benzene rings is 4. The standard InChI is InChI=1S/C28H20BN3O2/c33-29(34)22-15-9-17-24-26(22)21-14-7-8-16-23(21)32(24)25-18-30-28(20-12-5-2-6-13-20)31-27(25)19-10-3-1-4-11-19/h1-18,33-34H. The van der Waals surface area contributed by atoms with Crippen LogP contribution in [0.5, 0.6) is 0 Å². The number of rotatable bonds is 4. The highest BCUT2D eigenvalue weighted by Crippen LogP contribution is 2.35. The van der Waals surface area contributed by atoms with Crippen LogP contribution in [-0.4, -0.2) is 31.7 Å². The summed E-state index contributed by atoms with van der Waals surface area (Å²) in [5.41, 5.74) is 5.81. The van der Waals surface area contributed by atoms with Gasteiger partial charge in [-0.05, 0) is 17.6 Å². The number of fused-ring (bicyclic) bond motifs is 3. The smallest absolute Gasteiger partial charge is 0.423 e. The van der Waals surface area contributed by atoms with Crippen molar-refractivity contribution in [1.29, 1.82) is 0 Å². The van der Waals surface area contributed by atoms with Crippen molar-refractivity contribution in [3.05, 3.63) is 109 Å². The molecule has 0 unspecified atom stereocenters. The molecule has 0 spiro atoms. The largest absolute Gasteiger partial charge is 0.489 e. The predicted octanol–water partition coefficient (Wildman–Crippen LogP) is 4.59. The molecule has 2 aromatic heterocycles. The third-order valence-electron chi connectivity index (χ3n) is 6.10. The summed E-state index contributed by atoms with van der Waals surface area (Å²) < 4.78 is 2.10. The summed E-state index contributed by atoms with van der Waals surface area (Å²) in [5, 5.41) is 21.9. The molecular formula is C28H20BN3O2. The first-order chi connectivity index (χ1) is 16.7. The van der Waals surface area contributed by atoms with E-state index in [9.17, 15) is 10.0 Å². The maximum absolute atomic E-state index is 10.1. The van der Waals surface area contributed by atoms with Crippen molar-refractivity contribution in [2.24, 2.45) is 0 Å². The first-order valence-electron chi connectivity index (χ1n) is 11.1. The summed E-state index contributed by atoms with van der Waals surface area (Å²) in [6.07, 6.45) is 1.85. The second-order valence-corrected chi connectivity index (χ2v) is 8.13. The average molecular weight is 441 g/mol. The van der Waals surface area contributed by atoms with Crippen molar-refractivity contribution in [2.75, 3.05) is 0 Å². The van der Waals surface area contributed by atoms with Gasteiger partial charge >= 0.3 is 7.12 Å². The van der Waals surface area contributed by atoms with Crippen LogP contribution in [0.2, 0.25) is 0 Å². The van der Waals surface area contributed by atoms with Crippen LogP contribution in [0.25, 0.3) is 50.1 Å². The molecule has 2 heterocycles. The summed E-state index contributed by atoms with van der Waals surface area (Å²) >= 11 is 0. The van der Waals surface area contributed by atoms with Crippen molar-refractivity contribution in [1.82, 2.24) is 14.5 Å². The number of aromatic nitrogens is 3. The highest BCUT2D eigenvalue weighted by molar-refractivity contribution is 6.63. The minimum Gasteiger partial charge on any atom is -0.423 e. The number of para-hydroxylation sites is 1. The molecule has 6 heteroatoms. The van der Waals surface area contributed by atoms with Crippen LogP contribution in [0.4, 0.5) is 0 Å². The maximum atomic E-state index is 10.1. The molecule has 6 rings (SSSR count). The molecule has 0 saturated carbocycles. The van der Waals surface area contributed by atoms with Gasteiger partial charge in [-0.2, -0.15) is 0 Å². The van der Waals surface area contributed by atoms with Crippen molar-refractivity contribution >= 4 is 34.4 Å². The summed E-state index contributed by atoms with van der Waals surface area (Å²) in [5.74, 6) is 0.649. The zero-order chi connectivity index (χ0) is 23.1. The first-order valence-corrected chi connectivity index (χ1v) is 11.1. The lowest BCUT2D eigenvalue weighted by molar-refractivity contribution is 0.426. The van der Waals surface area contributed by atoms with Crippen LogP contribution in [-0.2, 0) is 0 Å². The third kappa shape index (κ3) is 3.28. The van der Waals surface area contributed by atoms with Gasteiger partial charge in [0.1, 0.15) is 0 Å². The second-order valence-electron chi connectivity index (χ2n) is 8.13. The van der Waals surface area contributed by atoms with Crippen LogP contribution < -0.4 is 5.46 Å². The molecule has 5 nitrogen and oxygen atoms in total. The Bertz CT molecular complexity index is 1630. The van der Waals surface area contributed by atoms with Crippen LogP contribution in [0, 0.1) is 0 Å². The SMILES string of the molecule is OB(O)c1cccc2c1c1ccccc1n2-c1cnc(-c2ccccc2)nc1-c1ccccc1. The van der Waals surface area contributed by atoms with Gasteiger partial charge in [0.15, 0.2) is 5.82 Å². The third-order valence-corrected chi connectivity index (χ3v) is 6.10. The van der Waals surface area contributed by atoms with E-state index in [1.54, 1.807) is 6.07 Å². The van der Waals surface area contributed by atoms with Gasteiger partial charge in [-0.15, -0.1) is 0 Å². The molecule has 0 amide bonds. The highest BCUT2D eigenvalue weighted by Gasteiger charge is 2.22. The van der Waals surface area contributed by atoms with Crippen LogP contribution in [0.1, 0.15) is 0 Å². The van der Waals surface area contributed by atoms with Crippen LogP contribution in [0.15, 0.2) is 109 Å². The molecule has 0 aliphatic rings. The Morgan fingerprint density at radius 1 is 0.647 bits per heavy atom. The molecule has 0 radical (unpaired) electrons. The quantitative estimate of drug-likeness (QED) is 0.393. The minimum atomic E-state index is -1.58. The lowest BCUT2D eigenvalue weighted by Crippen LogP contribution is -2.30. The fraction of sp³-hybridized carbons (Fsp3) is 0. The first kappa shape index (κ1) is 20.4. The monoisotopic (exact) mass is 441 g/mol. The van der Waals surface area contributed by atoms with Gasteiger partial charge in [0, 0.05) is 21.9 Å². The summed E-state index contributed by atoms with van der Waals surface area (Å²) in [6, 6.07) is 33.5. The lowest BCUT2D eigenvalue weighted by Gasteiger charge is -2.14. The molecule has 6 aromatic rings. The van der Waals surface area contributed by atoms with E-state index in [0.29, 0.717) is 11.3 Å². The molecule has 2 N–H and O–H groups in total. The molecule has 0 fully saturated rings. The number of hydrogen-bond acceptors (Lipinski definition) is 4. The molecule has 162 valence electrons. The van der Waals surface area contributed by atoms with Crippen molar-refractivity contribution < 1.29 is 10.0 Å². The maximum Gasteiger partial charge on any atom is 0.489 e. The zero-order valence-corrected chi connectivity index (χ0v) is 18.2. The number of nitrogens with zero attached hydrogens (tertiary/aromatic N) is 3. The topological polar surface area (TPSA) is 71.2 Å². The van der Waals surface area contributed by atoms with Crippen molar-refractivity contribution in [3.8, 4) is 28.3 Å². The van der Waals surface area contributed by atoms with E-state index in [4.69, 9.17) is 9.97 Å². The second kappa shape index (κ2) is 8.26. The van der Waals surface area contributed by atoms with E-state index in [0.717, 1.165) is 44.3 Å². The Kier molecular flexibility index (Phi) is 4.95. The lowest BCUT2D eigenvalue weighted by atomic mass is 9.77. The van der Waals surface area contributed by atoms with Crippen molar-refractivity contribution in [2.45, 2.75) is 0 Å². The predicted molar refractivity (Wildman–Crippen MR) is 137 cm³/mol. The van der Waals surface area contributed by atoms with E-state index < -0.39 is 7.12 Å². The van der Waals surface area contributed by atoms with E-state index in [1.165, 1.54) is 0 Å². The van der Waals surface area contributed by atoms with Gasteiger partial charge in [-0.3, -0.25) is 0 Å². The van der Waals surface area contributed by atoms with Gasteiger partial charge in [-0.1, -0.05) is 91.0 Å². The molecule has 0 aliphatic heterocycles. The molecule has 0 saturated heterocycles. The summed E-state index contributed by atoms with van der Waals surface area (Å²) in [6.45, 7) is 0. The Labute approximate surface area is 196 Å². The minimum absolute atomic E-state index is 0.468. The number of hydrogen-bond donors (Lipinski definition) is 2.